The molecule has 1 heterocycles. The molecular weight excluding hydrogens is 278 g/mol. The second kappa shape index (κ2) is 9.52. The van der Waals surface area contributed by atoms with Crippen molar-refractivity contribution in [2.24, 2.45) is 0 Å². The smallest absolute Gasteiger partial charge is 0.0583 e. The van der Waals surface area contributed by atoms with Crippen LogP contribution in [-0.4, -0.2) is 27.3 Å². The summed E-state index contributed by atoms with van der Waals surface area (Å²) in [5.41, 5.74) is 1.37. The Bertz CT molecular complexity index is 385. The summed E-state index contributed by atoms with van der Waals surface area (Å²) in [6, 6.07) is 2.65. The maximum absolute atomic E-state index is 4.50. The Hall–Kier alpha value is -0.480. The first-order valence-corrected chi connectivity index (χ1v) is 9.76. The Kier molecular flexibility index (Phi) is 7.65. The van der Waals surface area contributed by atoms with Crippen molar-refractivity contribution >= 4 is 11.8 Å². The lowest BCUT2D eigenvalue weighted by Crippen LogP contribution is -2.27. The molecule has 0 saturated heterocycles. The predicted molar refractivity (Wildman–Crippen MR) is 92.9 cm³/mol. The molecule has 0 spiro atoms. The van der Waals surface area contributed by atoms with Crippen molar-refractivity contribution < 1.29 is 0 Å². The van der Waals surface area contributed by atoms with Gasteiger partial charge in [0.05, 0.1) is 11.7 Å². The van der Waals surface area contributed by atoms with Crippen LogP contribution in [0.4, 0.5) is 0 Å². The van der Waals surface area contributed by atoms with Crippen LogP contribution in [0.1, 0.15) is 70.5 Å². The summed E-state index contributed by atoms with van der Waals surface area (Å²) in [6.07, 6.45) is 11.4. The molecule has 2 rings (SSSR count). The van der Waals surface area contributed by atoms with Gasteiger partial charge in [0, 0.05) is 23.7 Å². The van der Waals surface area contributed by atoms with Crippen LogP contribution in [0.15, 0.2) is 12.3 Å². The van der Waals surface area contributed by atoms with Crippen LogP contribution < -0.4 is 5.32 Å². The normalized spacial score (nSPS) is 18.0. The quantitative estimate of drug-likeness (QED) is 0.733. The van der Waals surface area contributed by atoms with Gasteiger partial charge in [0.2, 0.25) is 0 Å². The van der Waals surface area contributed by atoms with E-state index in [2.05, 4.69) is 46.8 Å². The number of aryl methyl sites for hydroxylation is 1. The van der Waals surface area contributed by atoms with Gasteiger partial charge in [0.25, 0.3) is 0 Å². The van der Waals surface area contributed by atoms with Crippen molar-refractivity contribution in [1.82, 2.24) is 15.1 Å². The highest BCUT2D eigenvalue weighted by Crippen LogP contribution is 2.31. The molecule has 3 nitrogen and oxygen atoms in total. The first-order chi connectivity index (χ1) is 10.3. The summed E-state index contributed by atoms with van der Waals surface area (Å²) >= 11 is 2.18. The van der Waals surface area contributed by atoms with Crippen molar-refractivity contribution in [3.8, 4) is 0 Å². The summed E-state index contributed by atoms with van der Waals surface area (Å²) in [5, 5.41) is 9.11. The number of nitrogens with zero attached hydrogens (tertiary/aromatic N) is 2. The zero-order valence-electron chi connectivity index (χ0n) is 13.7. The molecule has 1 unspecified atom stereocenters. The minimum Gasteiger partial charge on any atom is -0.308 e. The van der Waals surface area contributed by atoms with E-state index in [1.54, 1.807) is 0 Å². The van der Waals surface area contributed by atoms with Crippen LogP contribution in [-0.2, 0) is 6.54 Å². The van der Waals surface area contributed by atoms with Crippen LogP contribution in [0.3, 0.4) is 0 Å². The van der Waals surface area contributed by atoms with Gasteiger partial charge in [-0.15, -0.1) is 0 Å². The molecule has 1 fully saturated rings. The molecular formula is C17H31N3S. The fraction of sp³-hybridized carbons (Fsp3) is 0.824. The lowest BCUT2D eigenvalue weighted by Gasteiger charge is -2.25. The molecule has 1 aromatic rings. The monoisotopic (exact) mass is 309 g/mol. The maximum atomic E-state index is 4.50. The Labute approximate surface area is 134 Å². The summed E-state index contributed by atoms with van der Waals surface area (Å²) in [4.78, 5) is 0. The molecule has 1 aliphatic rings. The lowest BCUT2D eigenvalue weighted by atomic mass is 10.0. The van der Waals surface area contributed by atoms with E-state index in [9.17, 15) is 0 Å². The van der Waals surface area contributed by atoms with E-state index in [0.717, 1.165) is 24.8 Å². The fourth-order valence-corrected chi connectivity index (χ4v) is 4.49. The summed E-state index contributed by atoms with van der Waals surface area (Å²) in [6.45, 7) is 6.58. The largest absolute Gasteiger partial charge is 0.308 e. The van der Waals surface area contributed by atoms with Crippen LogP contribution in [0, 0.1) is 0 Å². The first kappa shape index (κ1) is 16.9. The van der Waals surface area contributed by atoms with Gasteiger partial charge in [-0.1, -0.05) is 33.1 Å². The van der Waals surface area contributed by atoms with E-state index < -0.39 is 0 Å². The average molecular weight is 310 g/mol. The van der Waals surface area contributed by atoms with Crippen LogP contribution in [0.2, 0.25) is 0 Å². The molecule has 4 heteroatoms. The van der Waals surface area contributed by atoms with Crippen LogP contribution in [0.5, 0.6) is 0 Å². The minimum atomic E-state index is 0.450. The number of thioether (sulfide) groups is 1. The Balaban J connectivity index is 1.94. The highest BCUT2D eigenvalue weighted by molar-refractivity contribution is 7.99. The zero-order chi connectivity index (χ0) is 14.9. The molecule has 1 saturated carbocycles. The highest BCUT2D eigenvalue weighted by Gasteiger charge is 2.19. The molecule has 0 aliphatic heterocycles. The fourth-order valence-electron chi connectivity index (χ4n) is 3.07. The van der Waals surface area contributed by atoms with Gasteiger partial charge in [0.1, 0.15) is 0 Å². The Morgan fingerprint density at radius 1 is 1.29 bits per heavy atom. The van der Waals surface area contributed by atoms with Gasteiger partial charge in [-0.25, -0.2) is 0 Å². The van der Waals surface area contributed by atoms with E-state index >= 15 is 0 Å². The van der Waals surface area contributed by atoms with E-state index in [-0.39, 0.29) is 0 Å². The molecule has 1 N–H and O–H groups in total. The maximum Gasteiger partial charge on any atom is 0.0583 e. The average Bonchev–Trinajstić information content (AvgIpc) is 2.97. The molecule has 1 atom stereocenters. The standard InChI is InChI=1S/C17H31N3S/c1-3-11-18-16(14-21-15-8-6-5-7-9-15)17-10-12-19-20(17)13-4-2/h10,12,15-16,18H,3-9,11,13-14H2,1-2H3. The van der Waals surface area contributed by atoms with Crippen LogP contribution in [0.25, 0.3) is 0 Å². The third-order valence-corrected chi connectivity index (χ3v) is 5.70. The first-order valence-electron chi connectivity index (χ1n) is 8.71. The molecule has 1 aromatic heterocycles. The molecule has 0 radical (unpaired) electrons. The molecule has 21 heavy (non-hydrogen) atoms. The van der Waals surface area contributed by atoms with E-state index in [1.165, 1.54) is 50.0 Å². The molecule has 0 aromatic carbocycles. The SMILES string of the molecule is CCCNC(CSC1CCCCC1)c1ccnn1CCC. The number of aromatic nitrogens is 2. The molecule has 0 bridgehead atoms. The number of hydrogen-bond acceptors (Lipinski definition) is 3. The van der Waals surface area contributed by atoms with Gasteiger partial charge in [0.15, 0.2) is 0 Å². The van der Waals surface area contributed by atoms with Gasteiger partial charge in [-0.3, -0.25) is 4.68 Å². The van der Waals surface area contributed by atoms with Gasteiger partial charge < -0.3 is 5.32 Å². The molecule has 1 aliphatic carbocycles. The van der Waals surface area contributed by atoms with Crippen molar-refractivity contribution in [3.63, 3.8) is 0 Å². The van der Waals surface area contributed by atoms with Crippen molar-refractivity contribution in [1.29, 1.82) is 0 Å². The van der Waals surface area contributed by atoms with Crippen molar-refractivity contribution in [2.75, 3.05) is 12.3 Å². The number of rotatable bonds is 9. The lowest BCUT2D eigenvalue weighted by molar-refractivity contribution is 0.493. The van der Waals surface area contributed by atoms with E-state index in [1.807, 2.05) is 6.20 Å². The highest BCUT2D eigenvalue weighted by atomic mass is 32.2. The predicted octanol–water partition coefficient (Wildman–Crippen LogP) is 4.40. The molecule has 0 amide bonds. The van der Waals surface area contributed by atoms with Crippen molar-refractivity contribution in [2.45, 2.75) is 76.6 Å². The number of nitrogens with one attached hydrogen (secondary N) is 1. The van der Waals surface area contributed by atoms with Gasteiger partial charge >= 0.3 is 0 Å². The number of hydrogen-bond donors (Lipinski definition) is 1. The Morgan fingerprint density at radius 3 is 2.81 bits per heavy atom. The van der Waals surface area contributed by atoms with Crippen LogP contribution >= 0.6 is 11.8 Å². The summed E-state index contributed by atoms with van der Waals surface area (Å²) in [5.74, 6) is 1.18. The Morgan fingerprint density at radius 2 is 2.10 bits per heavy atom. The second-order valence-corrected chi connectivity index (χ2v) is 7.41. The minimum absolute atomic E-state index is 0.450. The zero-order valence-corrected chi connectivity index (χ0v) is 14.5. The summed E-state index contributed by atoms with van der Waals surface area (Å²) < 4.78 is 2.19. The second-order valence-electron chi connectivity index (χ2n) is 6.08. The van der Waals surface area contributed by atoms with Crippen molar-refractivity contribution in [3.05, 3.63) is 18.0 Å². The van der Waals surface area contributed by atoms with Gasteiger partial charge in [-0.05, 0) is 38.3 Å². The molecule has 120 valence electrons. The van der Waals surface area contributed by atoms with E-state index in [0.29, 0.717) is 6.04 Å². The third kappa shape index (κ3) is 5.33. The van der Waals surface area contributed by atoms with Gasteiger partial charge in [-0.2, -0.15) is 16.9 Å². The van der Waals surface area contributed by atoms with E-state index in [4.69, 9.17) is 0 Å². The topological polar surface area (TPSA) is 29.9 Å². The third-order valence-electron chi connectivity index (χ3n) is 4.23. The summed E-state index contributed by atoms with van der Waals surface area (Å²) in [7, 11) is 0.